The van der Waals surface area contributed by atoms with Crippen LogP contribution in [0.3, 0.4) is 0 Å². The van der Waals surface area contributed by atoms with Gasteiger partial charge in [-0.05, 0) is 13.8 Å². The number of rotatable bonds is 8. The fourth-order valence-corrected chi connectivity index (χ4v) is 2.04. The van der Waals surface area contributed by atoms with Crippen molar-refractivity contribution < 1.29 is 19.0 Å². The first kappa shape index (κ1) is 19.1. The summed E-state index contributed by atoms with van der Waals surface area (Å²) in [6.07, 6.45) is 0. The minimum Gasteiger partial charge on any atom is -0.399 e. The van der Waals surface area contributed by atoms with E-state index >= 15 is 0 Å². The van der Waals surface area contributed by atoms with Gasteiger partial charge in [0.15, 0.2) is 5.71 Å². The summed E-state index contributed by atoms with van der Waals surface area (Å²) in [4.78, 5) is 19.3. The smallest absolute Gasteiger partial charge is 0.225 e. The Morgan fingerprint density at radius 2 is 1.73 bits per heavy atom. The van der Waals surface area contributed by atoms with Crippen LogP contribution in [0.25, 0.3) is 0 Å². The lowest BCUT2D eigenvalue weighted by atomic mass is 10.0. The van der Waals surface area contributed by atoms with Gasteiger partial charge in [0.1, 0.15) is 32.2 Å². The van der Waals surface area contributed by atoms with Crippen LogP contribution >= 0.6 is 0 Å². The van der Waals surface area contributed by atoms with Crippen LogP contribution in [0, 0.1) is 6.92 Å². The lowest BCUT2D eigenvalue weighted by Crippen LogP contribution is -2.11. The second kappa shape index (κ2) is 9.30. The molecule has 0 unspecified atom stereocenters. The van der Waals surface area contributed by atoms with Crippen molar-refractivity contribution in [2.45, 2.75) is 27.4 Å². The average Bonchev–Trinajstić information content (AvgIpc) is 3.06. The van der Waals surface area contributed by atoms with Gasteiger partial charge < -0.3 is 19.0 Å². The number of aromatic nitrogens is 2. The maximum Gasteiger partial charge on any atom is 0.225 e. The first-order chi connectivity index (χ1) is 12.6. The fourth-order valence-electron chi connectivity index (χ4n) is 2.04. The van der Waals surface area contributed by atoms with Crippen molar-refractivity contribution in [2.75, 3.05) is 14.2 Å². The molecule has 138 valence electrons. The molecule has 0 aliphatic carbocycles. The van der Waals surface area contributed by atoms with E-state index in [9.17, 15) is 0 Å². The van der Waals surface area contributed by atoms with Crippen LogP contribution in [0.1, 0.15) is 36.7 Å². The minimum absolute atomic E-state index is 0.216. The lowest BCUT2D eigenvalue weighted by molar-refractivity contribution is 0.130. The van der Waals surface area contributed by atoms with Gasteiger partial charge in [-0.2, -0.15) is 4.98 Å². The number of benzene rings is 1. The second-order valence-corrected chi connectivity index (χ2v) is 5.23. The molecule has 0 radical (unpaired) electrons. The molecule has 26 heavy (non-hydrogen) atoms. The van der Waals surface area contributed by atoms with Gasteiger partial charge in [0.2, 0.25) is 11.7 Å². The van der Waals surface area contributed by atoms with Gasteiger partial charge in [0.05, 0.1) is 0 Å². The Kier molecular flexibility index (Phi) is 6.84. The molecule has 1 aromatic heterocycles. The molecular weight excluding hydrogens is 338 g/mol. The van der Waals surface area contributed by atoms with Crippen LogP contribution in [-0.2, 0) is 21.1 Å². The first-order valence-electron chi connectivity index (χ1n) is 7.81. The van der Waals surface area contributed by atoms with Crippen LogP contribution < -0.4 is 0 Å². The minimum atomic E-state index is 0.216. The van der Waals surface area contributed by atoms with E-state index in [1.165, 1.54) is 14.2 Å². The predicted octanol–water partition coefficient (Wildman–Crippen LogP) is 2.69. The number of hydrogen-bond acceptors (Lipinski definition) is 9. The van der Waals surface area contributed by atoms with E-state index in [2.05, 4.69) is 25.6 Å². The van der Waals surface area contributed by atoms with E-state index in [0.717, 1.165) is 11.1 Å². The molecule has 2 aromatic rings. The summed E-state index contributed by atoms with van der Waals surface area (Å²) >= 11 is 0. The highest BCUT2D eigenvalue weighted by Crippen LogP contribution is 2.16. The Morgan fingerprint density at radius 3 is 2.38 bits per heavy atom. The molecule has 1 aromatic carbocycles. The van der Waals surface area contributed by atoms with Gasteiger partial charge in [-0.1, -0.05) is 44.9 Å². The van der Waals surface area contributed by atoms with Crippen molar-refractivity contribution in [3.63, 3.8) is 0 Å². The maximum absolute atomic E-state index is 5.45. The summed E-state index contributed by atoms with van der Waals surface area (Å²) in [5.74, 6) is 0.769. The van der Waals surface area contributed by atoms with E-state index in [4.69, 9.17) is 19.0 Å². The monoisotopic (exact) mass is 359 g/mol. The third-order valence-corrected chi connectivity index (χ3v) is 3.37. The molecule has 0 atom stereocenters. The largest absolute Gasteiger partial charge is 0.399 e. The number of oxime groups is 3. The average molecular weight is 359 g/mol. The maximum atomic E-state index is 5.45. The summed E-state index contributed by atoms with van der Waals surface area (Å²) in [6.45, 7) is 5.48. The molecule has 0 bridgehead atoms. The van der Waals surface area contributed by atoms with Gasteiger partial charge in [-0.15, -0.1) is 0 Å². The molecular formula is C17H21N5O4. The predicted molar refractivity (Wildman–Crippen MR) is 96.1 cm³/mol. The van der Waals surface area contributed by atoms with Crippen LogP contribution in [0.15, 0.2) is 44.3 Å². The Bertz CT molecular complexity index is 826. The van der Waals surface area contributed by atoms with Crippen molar-refractivity contribution in [1.82, 2.24) is 10.1 Å². The van der Waals surface area contributed by atoms with E-state index in [0.29, 0.717) is 28.9 Å². The van der Waals surface area contributed by atoms with Gasteiger partial charge >= 0.3 is 0 Å². The molecule has 0 saturated heterocycles. The molecule has 9 nitrogen and oxygen atoms in total. The Morgan fingerprint density at radius 1 is 1.04 bits per heavy atom. The van der Waals surface area contributed by atoms with E-state index in [1.807, 2.05) is 24.3 Å². The van der Waals surface area contributed by atoms with Gasteiger partial charge in [-0.3, -0.25) is 0 Å². The van der Waals surface area contributed by atoms with E-state index < -0.39 is 0 Å². The normalized spacial score (nSPS) is 12.9. The summed E-state index contributed by atoms with van der Waals surface area (Å²) in [7, 11) is 2.93. The van der Waals surface area contributed by atoms with Crippen LogP contribution in [0.5, 0.6) is 0 Å². The van der Waals surface area contributed by atoms with E-state index in [1.54, 1.807) is 20.8 Å². The van der Waals surface area contributed by atoms with Crippen molar-refractivity contribution in [3.05, 3.63) is 47.1 Å². The number of hydrogen-bond donors (Lipinski definition) is 0. The summed E-state index contributed by atoms with van der Waals surface area (Å²) in [6, 6.07) is 7.54. The SMILES string of the molecule is CO/N=C(C)\C(C)=N/OCc1ccccc1/C(=N\OC)c1noc(C)n1. The third-order valence-electron chi connectivity index (χ3n) is 3.37. The highest BCUT2D eigenvalue weighted by molar-refractivity contribution is 6.40. The highest BCUT2D eigenvalue weighted by Gasteiger charge is 2.18. The molecule has 2 rings (SSSR count). The van der Waals surface area contributed by atoms with Gasteiger partial charge in [0, 0.05) is 18.1 Å². The van der Waals surface area contributed by atoms with Crippen LogP contribution in [0.4, 0.5) is 0 Å². The zero-order valence-corrected chi connectivity index (χ0v) is 15.4. The standard InChI is InChI=1S/C17H21N5O4/c1-11(19-23-4)12(2)20-25-10-14-8-6-7-9-15(14)16(21-24-5)17-18-13(3)26-22-17/h6-9H,10H2,1-5H3/b19-11-,20-12-,21-16+. The number of nitrogens with zero attached hydrogens (tertiary/aromatic N) is 5. The summed E-state index contributed by atoms with van der Waals surface area (Å²) in [5.41, 5.74) is 3.28. The summed E-state index contributed by atoms with van der Waals surface area (Å²) in [5, 5.41) is 15.8. The molecule has 0 saturated carbocycles. The van der Waals surface area contributed by atoms with Crippen molar-refractivity contribution in [2.24, 2.45) is 15.5 Å². The zero-order chi connectivity index (χ0) is 18.9. The van der Waals surface area contributed by atoms with E-state index in [-0.39, 0.29) is 6.61 Å². The molecule has 0 N–H and O–H groups in total. The Balaban J connectivity index is 2.25. The molecule has 0 fully saturated rings. The van der Waals surface area contributed by atoms with Crippen LogP contribution in [0.2, 0.25) is 0 Å². The van der Waals surface area contributed by atoms with Crippen molar-refractivity contribution in [1.29, 1.82) is 0 Å². The molecule has 0 spiro atoms. The molecule has 9 heteroatoms. The van der Waals surface area contributed by atoms with Crippen molar-refractivity contribution >= 4 is 17.1 Å². The zero-order valence-electron chi connectivity index (χ0n) is 15.4. The Labute approximate surface area is 151 Å². The fraction of sp³-hybridized carbons (Fsp3) is 0.353. The highest BCUT2D eigenvalue weighted by atomic mass is 16.6. The Hall–Kier alpha value is -3.23. The topological polar surface area (TPSA) is 104 Å². The quantitative estimate of drug-likeness (QED) is 0.530. The number of aryl methyl sites for hydroxylation is 1. The van der Waals surface area contributed by atoms with Gasteiger partial charge in [-0.25, -0.2) is 0 Å². The first-order valence-corrected chi connectivity index (χ1v) is 7.81. The van der Waals surface area contributed by atoms with Crippen LogP contribution in [-0.4, -0.2) is 41.5 Å². The summed E-state index contributed by atoms with van der Waals surface area (Å²) < 4.78 is 5.04. The van der Waals surface area contributed by atoms with Gasteiger partial charge in [0.25, 0.3) is 0 Å². The lowest BCUT2D eigenvalue weighted by Gasteiger charge is -2.09. The molecule has 0 aliphatic heterocycles. The van der Waals surface area contributed by atoms with Crippen molar-refractivity contribution in [3.8, 4) is 0 Å². The molecule has 0 aliphatic rings. The molecule has 0 amide bonds. The molecule has 1 heterocycles. The third kappa shape index (κ3) is 4.88. The second-order valence-electron chi connectivity index (χ2n) is 5.23.